The van der Waals surface area contributed by atoms with Crippen molar-refractivity contribution < 1.29 is 24.9 Å². The van der Waals surface area contributed by atoms with Gasteiger partial charge in [0.25, 0.3) is 0 Å². The summed E-state index contributed by atoms with van der Waals surface area (Å²) < 4.78 is 0. The van der Waals surface area contributed by atoms with Crippen LogP contribution >= 0.6 is 0 Å². The second-order valence-corrected chi connectivity index (χ2v) is 4.52. The van der Waals surface area contributed by atoms with Gasteiger partial charge < -0.3 is 25.5 Å². The van der Waals surface area contributed by atoms with Crippen molar-refractivity contribution in [1.82, 2.24) is 10.2 Å². The molecule has 0 radical (unpaired) electrons. The Bertz CT molecular complexity index is 300. The van der Waals surface area contributed by atoms with Gasteiger partial charge in [0.1, 0.15) is 6.04 Å². The number of nitrogens with zero attached hydrogens (tertiary/aromatic N) is 1. The summed E-state index contributed by atoms with van der Waals surface area (Å²) in [6.45, 7) is 1.98. The molecule has 0 saturated carbocycles. The number of carbonyl (C=O) groups is 2. The summed E-state index contributed by atoms with van der Waals surface area (Å²) in [7, 11) is 0. The van der Waals surface area contributed by atoms with Crippen molar-refractivity contribution in [3.8, 4) is 0 Å². The molecule has 7 nitrogen and oxygen atoms in total. The summed E-state index contributed by atoms with van der Waals surface area (Å²) in [4.78, 5) is 23.9. The SMILES string of the molecule is CCCCC(NC(=O)N1CC(O)C(O)C1)C(=O)O. The average Bonchev–Trinajstić information content (AvgIpc) is 2.64. The van der Waals surface area contributed by atoms with Crippen LogP contribution in [0.3, 0.4) is 0 Å². The van der Waals surface area contributed by atoms with Crippen molar-refractivity contribution in [2.75, 3.05) is 13.1 Å². The third-order valence-electron chi connectivity index (χ3n) is 2.99. The van der Waals surface area contributed by atoms with Gasteiger partial charge in [0.2, 0.25) is 0 Å². The molecule has 3 atom stereocenters. The number of aliphatic carboxylic acids is 1. The fraction of sp³-hybridized carbons (Fsp3) is 0.818. The molecule has 1 heterocycles. The van der Waals surface area contributed by atoms with Gasteiger partial charge in [-0.15, -0.1) is 0 Å². The number of rotatable bonds is 5. The topological polar surface area (TPSA) is 110 Å². The molecule has 0 aliphatic carbocycles. The highest BCUT2D eigenvalue weighted by atomic mass is 16.4. The standard InChI is InChI=1S/C11H20N2O5/c1-2-3-4-7(10(16)17)12-11(18)13-5-8(14)9(15)6-13/h7-9,14-15H,2-6H2,1H3,(H,12,18)(H,16,17). The zero-order valence-electron chi connectivity index (χ0n) is 10.4. The molecule has 0 spiro atoms. The smallest absolute Gasteiger partial charge is 0.326 e. The molecule has 0 aromatic carbocycles. The molecule has 0 aromatic heterocycles. The lowest BCUT2D eigenvalue weighted by Crippen LogP contribution is -2.47. The Labute approximate surface area is 105 Å². The fourth-order valence-corrected chi connectivity index (χ4v) is 1.84. The van der Waals surface area contributed by atoms with Crippen LogP contribution in [0.25, 0.3) is 0 Å². The van der Waals surface area contributed by atoms with Gasteiger partial charge in [-0.1, -0.05) is 19.8 Å². The maximum Gasteiger partial charge on any atom is 0.326 e. The number of hydrogen-bond donors (Lipinski definition) is 4. The third-order valence-corrected chi connectivity index (χ3v) is 2.99. The van der Waals surface area contributed by atoms with Crippen molar-refractivity contribution in [3.05, 3.63) is 0 Å². The van der Waals surface area contributed by atoms with E-state index in [4.69, 9.17) is 5.11 Å². The van der Waals surface area contributed by atoms with Gasteiger partial charge in [-0.25, -0.2) is 9.59 Å². The van der Waals surface area contributed by atoms with E-state index in [0.29, 0.717) is 12.8 Å². The zero-order chi connectivity index (χ0) is 13.7. The van der Waals surface area contributed by atoms with Crippen molar-refractivity contribution >= 4 is 12.0 Å². The van der Waals surface area contributed by atoms with Gasteiger partial charge in [-0.3, -0.25) is 0 Å². The lowest BCUT2D eigenvalue weighted by atomic mass is 10.1. The van der Waals surface area contributed by atoms with Crippen LogP contribution in [0.4, 0.5) is 4.79 Å². The van der Waals surface area contributed by atoms with E-state index in [0.717, 1.165) is 6.42 Å². The summed E-state index contributed by atoms with van der Waals surface area (Å²) in [5.74, 6) is -1.07. The molecule has 0 bridgehead atoms. The van der Waals surface area contributed by atoms with Crippen LogP contribution in [0.15, 0.2) is 0 Å². The van der Waals surface area contributed by atoms with E-state index in [-0.39, 0.29) is 13.1 Å². The van der Waals surface area contributed by atoms with Crippen LogP contribution in [0.5, 0.6) is 0 Å². The number of carbonyl (C=O) groups excluding carboxylic acids is 1. The molecule has 4 N–H and O–H groups in total. The van der Waals surface area contributed by atoms with E-state index in [1.165, 1.54) is 4.90 Å². The number of aliphatic hydroxyl groups is 2. The molecule has 104 valence electrons. The molecule has 1 rings (SSSR count). The minimum Gasteiger partial charge on any atom is -0.480 e. The highest BCUT2D eigenvalue weighted by Gasteiger charge is 2.33. The largest absolute Gasteiger partial charge is 0.480 e. The van der Waals surface area contributed by atoms with Crippen molar-refractivity contribution in [2.24, 2.45) is 0 Å². The molecular formula is C11H20N2O5. The van der Waals surface area contributed by atoms with Gasteiger partial charge in [-0.2, -0.15) is 0 Å². The van der Waals surface area contributed by atoms with E-state index >= 15 is 0 Å². The number of likely N-dealkylation sites (tertiary alicyclic amines) is 1. The highest BCUT2D eigenvalue weighted by molar-refractivity contribution is 5.82. The monoisotopic (exact) mass is 260 g/mol. The van der Waals surface area contributed by atoms with Crippen molar-refractivity contribution in [1.29, 1.82) is 0 Å². The normalized spacial score (nSPS) is 24.9. The van der Waals surface area contributed by atoms with Crippen LogP contribution < -0.4 is 5.32 Å². The molecule has 1 fully saturated rings. The minimum atomic E-state index is -1.07. The van der Waals surface area contributed by atoms with Gasteiger partial charge in [0.15, 0.2) is 0 Å². The Hall–Kier alpha value is -1.34. The highest BCUT2D eigenvalue weighted by Crippen LogP contribution is 2.10. The van der Waals surface area contributed by atoms with E-state index in [2.05, 4.69) is 5.32 Å². The number of β-amino-alcohol motifs (C(OH)–C–C–N with tert-alkyl or cyclic N) is 2. The Balaban J connectivity index is 2.48. The van der Waals surface area contributed by atoms with Crippen LogP contribution in [0.2, 0.25) is 0 Å². The summed E-state index contributed by atoms with van der Waals surface area (Å²) in [5, 5.41) is 30.0. The number of aliphatic hydroxyl groups excluding tert-OH is 2. The summed E-state index contributed by atoms with van der Waals surface area (Å²) in [6.07, 6.45) is 0.00383. The molecule has 18 heavy (non-hydrogen) atoms. The number of urea groups is 1. The maximum atomic E-state index is 11.7. The molecule has 3 unspecified atom stereocenters. The number of carboxylic acids is 1. The Morgan fingerprint density at radius 2 is 1.89 bits per heavy atom. The first-order valence-corrected chi connectivity index (χ1v) is 6.10. The number of hydrogen-bond acceptors (Lipinski definition) is 4. The lowest BCUT2D eigenvalue weighted by Gasteiger charge is -2.20. The minimum absolute atomic E-state index is 0.0209. The quantitative estimate of drug-likeness (QED) is 0.526. The lowest BCUT2D eigenvalue weighted by molar-refractivity contribution is -0.139. The fourth-order valence-electron chi connectivity index (χ4n) is 1.84. The molecular weight excluding hydrogens is 240 g/mol. The van der Waals surface area contributed by atoms with Crippen LogP contribution in [0.1, 0.15) is 26.2 Å². The molecule has 2 amide bonds. The van der Waals surface area contributed by atoms with E-state index in [1.54, 1.807) is 0 Å². The van der Waals surface area contributed by atoms with E-state index in [9.17, 15) is 19.8 Å². The van der Waals surface area contributed by atoms with Crippen LogP contribution in [-0.2, 0) is 4.79 Å². The zero-order valence-corrected chi connectivity index (χ0v) is 10.4. The van der Waals surface area contributed by atoms with Crippen LogP contribution in [-0.4, -0.2) is 63.6 Å². The third kappa shape index (κ3) is 3.85. The summed E-state index contributed by atoms with van der Waals surface area (Å²) >= 11 is 0. The Kier molecular flexibility index (Phi) is 5.36. The molecule has 0 aromatic rings. The summed E-state index contributed by atoms with van der Waals surface area (Å²) in [5.41, 5.74) is 0. The van der Waals surface area contributed by atoms with Gasteiger partial charge in [0.05, 0.1) is 25.3 Å². The maximum absolute atomic E-state index is 11.7. The first kappa shape index (κ1) is 14.7. The van der Waals surface area contributed by atoms with E-state index < -0.39 is 30.3 Å². The molecule has 1 aliphatic heterocycles. The number of carboxylic acid groups (broad SMARTS) is 1. The van der Waals surface area contributed by atoms with E-state index in [1.807, 2.05) is 6.92 Å². The second-order valence-electron chi connectivity index (χ2n) is 4.52. The van der Waals surface area contributed by atoms with Crippen LogP contribution in [0, 0.1) is 0 Å². The average molecular weight is 260 g/mol. The van der Waals surface area contributed by atoms with Gasteiger partial charge >= 0.3 is 12.0 Å². The van der Waals surface area contributed by atoms with Gasteiger partial charge in [0, 0.05) is 0 Å². The predicted octanol–water partition coefficient (Wildman–Crippen LogP) is -0.623. The summed E-state index contributed by atoms with van der Waals surface area (Å²) in [6, 6.07) is -1.48. The van der Waals surface area contributed by atoms with Crippen molar-refractivity contribution in [2.45, 2.75) is 44.4 Å². The predicted molar refractivity (Wildman–Crippen MR) is 63.1 cm³/mol. The molecule has 1 saturated heterocycles. The first-order valence-electron chi connectivity index (χ1n) is 6.10. The Morgan fingerprint density at radius 1 is 1.33 bits per heavy atom. The Morgan fingerprint density at radius 3 is 2.33 bits per heavy atom. The van der Waals surface area contributed by atoms with Gasteiger partial charge in [-0.05, 0) is 6.42 Å². The van der Waals surface area contributed by atoms with Crippen molar-refractivity contribution in [3.63, 3.8) is 0 Å². The number of amides is 2. The molecule has 7 heteroatoms. The number of nitrogens with one attached hydrogen (secondary N) is 1. The number of unbranched alkanes of at least 4 members (excludes halogenated alkanes) is 1. The second kappa shape index (κ2) is 6.55. The molecule has 1 aliphatic rings. The first-order chi connectivity index (χ1) is 8.45.